The summed E-state index contributed by atoms with van der Waals surface area (Å²) < 4.78 is 0. The number of aromatic amines is 1. The van der Waals surface area contributed by atoms with E-state index in [1.807, 2.05) is 30.5 Å². The predicted octanol–water partition coefficient (Wildman–Crippen LogP) is 2.64. The largest absolute Gasteiger partial charge is 0.361 e. The molecule has 2 aliphatic heterocycles. The molecule has 8 nitrogen and oxygen atoms in total. The number of carbonyl (C=O) groups excluding carboxylic acids is 4. The van der Waals surface area contributed by atoms with Crippen molar-refractivity contribution in [1.82, 2.24) is 15.2 Å². The summed E-state index contributed by atoms with van der Waals surface area (Å²) in [4.78, 5) is 55.7. The second-order valence-corrected chi connectivity index (χ2v) is 8.11. The number of fused-ring (bicyclic) bond motifs is 1. The third-order valence-corrected chi connectivity index (χ3v) is 6.08. The maximum atomic E-state index is 12.8. The smallest absolute Gasteiger partial charge is 0.325 e. The summed E-state index contributed by atoms with van der Waals surface area (Å²) in [7, 11) is 0. The Morgan fingerprint density at radius 2 is 1.81 bits per heavy atom. The lowest BCUT2D eigenvalue weighted by atomic mass is 10.0. The van der Waals surface area contributed by atoms with E-state index in [1.165, 1.54) is 0 Å². The number of imide groups is 1. The number of amides is 4. The van der Waals surface area contributed by atoms with E-state index >= 15 is 0 Å². The van der Waals surface area contributed by atoms with Gasteiger partial charge in [0.2, 0.25) is 5.91 Å². The van der Waals surface area contributed by atoms with Crippen molar-refractivity contribution in [3.63, 3.8) is 0 Å². The molecule has 4 amide bonds. The van der Waals surface area contributed by atoms with Crippen LogP contribution in [0, 0.1) is 0 Å². The molecule has 1 aromatic heterocycles. The fourth-order valence-corrected chi connectivity index (χ4v) is 4.37. The van der Waals surface area contributed by atoms with E-state index in [0.717, 1.165) is 33.5 Å². The lowest BCUT2D eigenvalue weighted by Crippen LogP contribution is -2.36. The fourth-order valence-electron chi connectivity index (χ4n) is 4.37. The van der Waals surface area contributed by atoms with Gasteiger partial charge in [-0.25, -0.2) is 4.79 Å². The van der Waals surface area contributed by atoms with Crippen LogP contribution in [0.2, 0.25) is 0 Å². The minimum absolute atomic E-state index is 0.0738. The number of Topliss-reactive ketones (excluding diaryl/α,β-unsaturated/α-hetero) is 1. The number of H-pyrrole nitrogens is 1. The van der Waals surface area contributed by atoms with E-state index in [9.17, 15) is 19.2 Å². The molecule has 0 saturated carbocycles. The van der Waals surface area contributed by atoms with Crippen molar-refractivity contribution in [3.05, 3.63) is 65.9 Å². The molecule has 32 heavy (non-hydrogen) atoms. The summed E-state index contributed by atoms with van der Waals surface area (Å²) in [5.74, 6) is -0.668. The van der Waals surface area contributed by atoms with Crippen molar-refractivity contribution < 1.29 is 19.2 Å². The lowest BCUT2D eigenvalue weighted by Gasteiger charge is -2.16. The van der Waals surface area contributed by atoms with Crippen molar-refractivity contribution in [2.45, 2.75) is 25.3 Å². The molecule has 5 rings (SSSR count). The molecular weight excluding hydrogens is 408 g/mol. The van der Waals surface area contributed by atoms with Crippen molar-refractivity contribution in [1.29, 1.82) is 0 Å². The van der Waals surface area contributed by atoms with Gasteiger partial charge in [0.15, 0.2) is 5.78 Å². The monoisotopic (exact) mass is 430 g/mol. The van der Waals surface area contributed by atoms with Gasteiger partial charge < -0.3 is 15.2 Å². The zero-order chi connectivity index (χ0) is 22.2. The van der Waals surface area contributed by atoms with Gasteiger partial charge in [-0.2, -0.15) is 0 Å². The molecule has 0 bridgehead atoms. The molecule has 2 fully saturated rings. The van der Waals surface area contributed by atoms with Crippen molar-refractivity contribution in [2.75, 3.05) is 18.0 Å². The van der Waals surface area contributed by atoms with Gasteiger partial charge in [-0.15, -0.1) is 0 Å². The first kappa shape index (κ1) is 20.0. The van der Waals surface area contributed by atoms with Crippen LogP contribution in [0.1, 0.15) is 28.8 Å². The van der Waals surface area contributed by atoms with Gasteiger partial charge >= 0.3 is 6.03 Å². The average Bonchev–Trinajstić information content (AvgIpc) is 3.48. The Hall–Kier alpha value is -3.94. The van der Waals surface area contributed by atoms with Crippen molar-refractivity contribution in [2.24, 2.45) is 0 Å². The number of hydrogen-bond acceptors (Lipinski definition) is 4. The van der Waals surface area contributed by atoms with Gasteiger partial charge in [-0.1, -0.05) is 18.2 Å². The van der Waals surface area contributed by atoms with Gasteiger partial charge in [0.25, 0.3) is 5.91 Å². The molecular formula is C24H22N4O4. The summed E-state index contributed by atoms with van der Waals surface area (Å²) in [6, 6.07) is 13.2. The number of ketones is 1. The Morgan fingerprint density at radius 3 is 2.56 bits per heavy atom. The predicted molar refractivity (Wildman–Crippen MR) is 118 cm³/mol. The molecule has 3 aromatic rings. The number of benzene rings is 2. The van der Waals surface area contributed by atoms with E-state index in [1.54, 1.807) is 29.2 Å². The number of anilines is 1. The zero-order valence-electron chi connectivity index (χ0n) is 17.3. The van der Waals surface area contributed by atoms with Crippen LogP contribution in [0.3, 0.4) is 0 Å². The Labute approximate surface area is 184 Å². The van der Waals surface area contributed by atoms with Crippen LogP contribution in [0.5, 0.6) is 0 Å². The molecule has 0 radical (unpaired) electrons. The quantitative estimate of drug-likeness (QED) is 0.464. The van der Waals surface area contributed by atoms with Crippen molar-refractivity contribution in [3.8, 4) is 0 Å². The van der Waals surface area contributed by atoms with Crippen molar-refractivity contribution >= 4 is 40.2 Å². The number of nitrogens with zero attached hydrogens (tertiary/aromatic N) is 2. The summed E-state index contributed by atoms with van der Waals surface area (Å²) in [5, 5.41) is 3.69. The SMILES string of the molecule is O=C(CN1C(=O)N[C@H](Cc2c[nH]c3ccccc23)C1=O)c1ccc(N2CCCC2=O)cc1. The zero-order valence-corrected chi connectivity index (χ0v) is 17.3. The second-order valence-electron chi connectivity index (χ2n) is 8.11. The number of carbonyl (C=O) groups is 4. The first-order valence-corrected chi connectivity index (χ1v) is 10.6. The fraction of sp³-hybridized carbons (Fsp3) is 0.250. The van der Waals surface area contributed by atoms with Crippen LogP contribution in [0.25, 0.3) is 10.9 Å². The molecule has 3 heterocycles. The van der Waals surface area contributed by atoms with E-state index in [4.69, 9.17) is 0 Å². The Bertz CT molecular complexity index is 1230. The molecule has 1 atom stereocenters. The lowest BCUT2D eigenvalue weighted by molar-refractivity contribution is -0.127. The molecule has 0 spiro atoms. The Balaban J connectivity index is 1.26. The van der Waals surface area contributed by atoms with Gasteiger partial charge in [-0.3, -0.25) is 19.3 Å². The van der Waals surface area contributed by atoms with Crippen LogP contribution in [0.4, 0.5) is 10.5 Å². The maximum absolute atomic E-state index is 12.8. The highest BCUT2D eigenvalue weighted by atomic mass is 16.2. The Morgan fingerprint density at radius 1 is 1.03 bits per heavy atom. The third kappa shape index (κ3) is 3.53. The first-order valence-electron chi connectivity index (χ1n) is 10.6. The standard InChI is InChI=1S/C24H22N4O4/c29-21(15-7-9-17(10-8-15)27-11-3-6-22(27)30)14-28-23(31)20(26-24(28)32)12-16-13-25-19-5-2-1-4-18(16)19/h1-2,4-5,7-10,13,20,25H,3,6,11-12,14H2,(H,26,32)/t20-/m1/s1. The first-order chi connectivity index (χ1) is 15.5. The number of para-hydroxylation sites is 1. The maximum Gasteiger partial charge on any atom is 0.325 e. The van der Waals surface area contributed by atoms with Gasteiger partial charge in [0, 0.05) is 47.7 Å². The van der Waals surface area contributed by atoms with Gasteiger partial charge in [-0.05, 0) is 42.3 Å². The number of nitrogens with one attached hydrogen (secondary N) is 2. The molecule has 0 aliphatic carbocycles. The third-order valence-electron chi connectivity index (χ3n) is 6.08. The number of hydrogen-bond donors (Lipinski definition) is 2. The number of rotatable bonds is 6. The average molecular weight is 430 g/mol. The van der Waals surface area contributed by atoms with Crippen LogP contribution in [-0.4, -0.2) is 52.6 Å². The topological polar surface area (TPSA) is 103 Å². The summed E-state index contributed by atoms with van der Waals surface area (Å²) in [5.41, 5.74) is 3.03. The summed E-state index contributed by atoms with van der Waals surface area (Å²) >= 11 is 0. The van der Waals surface area contributed by atoms with E-state index in [2.05, 4.69) is 10.3 Å². The highest BCUT2D eigenvalue weighted by Crippen LogP contribution is 2.23. The van der Waals surface area contributed by atoms with Gasteiger partial charge in [0.05, 0.1) is 6.54 Å². The minimum Gasteiger partial charge on any atom is -0.361 e. The normalized spacial score (nSPS) is 18.6. The molecule has 2 N–H and O–H groups in total. The van der Waals surface area contributed by atoms with E-state index in [-0.39, 0.29) is 18.2 Å². The molecule has 2 aliphatic rings. The van der Waals surface area contributed by atoms with E-state index in [0.29, 0.717) is 24.9 Å². The molecule has 2 aromatic carbocycles. The minimum atomic E-state index is -0.710. The van der Waals surface area contributed by atoms with Crippen LogP contribution in [-0.2, 0) is 16.0 Å². The molecule has 2 saturated heterocycles. The Kier molecular flexibility index (Phi) is 4.97. The summed E-state index contributed by atoms with van der Waals surface area (Å²) in [6.07, 6.45) is 3.54. The molecule has 8 heteroatoms. The molecule has 162 valence electrons. The van der Waals surface area contributed by atoms with Gasteiger partial charge in [0.1, 0.15) is 6.04 Å². The van der Waals surface area contributed by atoms with Crippen LogP contribution < -0.4 is 10.2 Å². The summed E-state index contributed by atoms with van der Waals surface area (Å²) in [6.45, 7) is 0.351. The highest BCUT2D eigenvalue weighted by Gasteiger charge is 2.39. The second kappa shape index (κ2) is 7.96. The number of aromatic nitrogens is 1. The van der Waals surface area contributed by atoms with E-state index < -0.39 is 18.0 Å². The highest BCUT2D eigenvalue weighted by molar-refractivity contribution is 6.09. The molecule has 0 unspecified atom stereocenters. The van der Waals surface area contributed by atoms with Crippen LogP contribution >= 0.6 is 0 Å². The number of urea groups is 1. The van der Waals surface area contributed by atoms with Crippen LogP contribution in [0.15, 0.2) is 54.7 Å².